The van der Waals surface area contributed by atoms with Gasteiger partial charge >= 0.3 is 0 Å². The Morgan fingerprint density at radius 2 is 2.03 bits per heavy atom. The molecule has 2 aromatic carbocycles. The van der Waals surface area contributed by atoms with Gasteiger partial charge in [-0.15, -0.1) is 0 Å². The summed E-state index contributed by atoms with van der Waals surface area (Å²) >= 11 is 0. The van der Waals surface area contributed by atoms with Gasteiger partial charge in [0, 0.05) is 24.2 Å². The molecule has 0 aliphatic heterocycles. The lowest BCUT2D eigenvalue weighted by atomic mass is 10.0. The molecule has 1 aliphatic carbocycles. The molecule has 1 unspecified atom stereocenters. The van der Waals surface area contributed by atoms with E-state index in [1.807, 2.05) is 24.3 Å². The number of fused-ring (bicyclic) bond motifs is 1. The van der Waals surface area contributed by atoms with Crippen molar-refractivity contribution in [3.05, 3.63) is 65.8 Å². The van der Waals surface area contributed by atoms with E-state index in [2.05, 4.69) is 48.1 Å². The number of anilines is 2. The maximum atomic E-state index is 12.9. The number of nitrogens with one attached hydrogen (secondary N) is 2. The first-order valence-electron chi connectivity index (χ1n) is 10.7. The highest BCUT2D eigenvalue weighted by Gasteiger charge is 2.18. The van der Waals surface area contributed by atoms with Crippen LogP contribution >= 0.6 is 0 Å². The number of hydrogen-bond acceptors (Lipinski definition) is 4. The smallest absolute Gasteiger partial charge is 0.255 e. The summed E-state index contributed by atoms with van der Waals surface area (Å²) in [6.45, 7) is 7.88. The fraction of sp³-hybridized carbons (Fsp3) is 0.280. The maximum absolute atomic E-state index is 12.9. The Bertz CT molecular complexity index is 1170. The highest BCUT2D eigenvalue weighted by Crippen LogP contribution is 2.33. The summed E-state index contributed by atoms with van der Waals surface area (Å²) in [5, 5.41) is 12.7. The van der Waals surface area contributed by atoms with Gasteiger partial charge in [-0.3, -0.25) is 4.79 Å². The minimum Gasteiger partial charge on any atom is -0.389 e. The Morgan fingerprint density at radius 1 is 1.26 bits per heavy atom. The lowest BCUT2D eigenvalue weighted by molar-refractivity contribution is -0.112. The van der Waals surface area contributed by atoms with Crippen molar-refractivity contribution in [1.82, 2.24) is 9.97 Å². The van der Waals surface area contributed by atoms with Crippen molar-refractivity contribution in [3.8, 4) is 11.4 Å². The molecule has 6 heteroatoms. The van der Waals surface area contributed by atoms with Crippen LogP contribution in [0.3, 0.4) is 0 Å². The fourth-order valence-electron chi connectivity index (χ4n) is 3.91. The van der Waals surface area contributed by atoms with Gasteiger partial charge in [0.05, 0.1) is 28.5 Å². The molecule has 1 aliphatic rings. The number of benzene rings is 2. The first-order chi connectivity index (χ1) is 15.0. The van der Waals surface area contributed by atoms with E-state index in [1.54, 1.807) is 18.2 Å². The third-order valence-corrected chi connectivity index (χ3v) is 5.69. The van der Waals surface area contributed by atoms with Crippen molar-refractivity contribution >= 4 is 28.3 Å². The molecule has 31 heavy (non-hydrogen) atoms. The van der Waals surface area contributed by atoms with Crippen LogP contribution in [0.25, 0.3) is 22.4 Å². The summed E-state index contributed by atoms with van der Waals surface area (Å²) in [6.07, 6.45) is 5.01. The number of aliphatic hydroxyl groups is 1. The molecule has 6 nitrogen and oxygen atoms in total. The Morgan fingerprint density at radius 3 is 2.71 bits per heavy atom. The number of H-pyrrole nitrogens is 1. The van der Waals surface area contributed by atoms with Crippen molar-refractivity contribution < 1.29 is 9.90 Å². The van der Waals surface area contributed by atoms with Crippen molar-refractivity contribution in [1.29, 1.82) is 0 Å². The molecule has 0 saturated heterocycles. The van der Waals surface area contributed by atoms with E-state index >= 15 is 0 Å². The lowest BCUT2D eigenvalue weighted by Gasteiger charge is -2.24. The highest BCUT2D eigenvalue weighted by molar-refractivity contribution is 6.08. The molecule has 0 bridgehead atoms. The Kier molecular flexibility index (Phi) is 5.91. The van der Waals surface area contributed by atoms with Gasteiger partial charge in [0.25, 0.3) is 5.91 Å². The monoisotopic (exact) mass is 416 g/mol. The second-order valence-corrected chi connectivity index (χ2v) is 7.73. The van der Waals surface area contributed by atoms with Crippen molar-refractivity contribution in [3.63, 3.8) is 0 Å². The molecule has 0 radical (unpaired) electrons. The van der Waals surface area contributed by atoms with Crippen LogP contribution in [0.1, 0.15) is 25.8 Å². The van der Waals surface area contributed by atoms with Crippen LogP contribution < -0.4 is 10.2 Å². The van der Waals surface area contributed by atoms with Crippen LogP contribution in [-0.2, 0) is 4.79 Å². The van der Waals surface area contributed by atoms with Crippen molar-refractivity contribution in [2.24, 2.45) is 0 Å². The molecule has 0 fully saturated rings. The SMILES string of the molecule is CCN(CC)c1cc2nc(-c3ccccc3C)[nH]c2cc1NC(=O)C1=CCC(O)C=C1. The topological polar surface area (TPSA) is 81.2 Å². The standard InChI is InChI=1S/C25H28N4O2/c1-4-29(5-2)23-15-21-20(26-24(27-21)19-9-7-6-8-16(19)3)14-22(23)28-25(31)17-10-12-18(30)13-11-17/h6-12,14-15,18,30H,4-5,13H2,1-3H3,(H,26,27)(H,28,31). The molecule has 4 rings (SSSR count). The zero-order valence-corrected chi connectivity index (χ0v) is 18.1. The third-order valence-electron chi connectivity index (χ3n) is 5.69. The number of aromatic nitrogens is 2. The van der Waals surface area contributed by atoms with Gasteiger partial charge in [0.2, 0.25) is 0 Å². The molecule has 160 valence electrons. The van der Waals surface area contributed by atoms with Crippen molar-refractivity contribution in [2.45, 2.75) is 33.3 Å². The maximum Gasteiger partial charge on any atom is 0.255 e. The van der Waals surface area contributed by atoms with Gasteiger partial charge in [-0.05, 0) is 44.9 Å². The number of imidazole rings is 1. The van der Waals surface area contributed by atoms with E-state index < -0.39 is 6.10 Å². The predicted molar refractivity (Wildman–Crippen MR) is 126 cm³/mol. The van der Waals surface area contributed by atoms with E-state index in [1.165, 1.54) is 0 Å². The zero-order valence-electron chi connectivity index (χ0n) is 18.1. The quantitative estimate of drug-likeness (QED) is 0.550. The summed E-state index contributed by atoms with van der Waals surface area (Å²) < 4.78 is 0. The van der Waals surface area contributed by atoms with Gasteiger partial charge in [-0.1, -0.05) is 42.5 Å². The summed E-state index contributed by atoms with van der Waals surface area (Å²) in [5.74, 6) is 0.628. The molecule has 1 heterocycles. The normalized spacial score (nSPS) is 15.7. The zero-order chi connectivity index (χ0) is 22.0. The lowest BCUT2D eigenvalue weighted by Crippen LogP contribution is -2.24. The van der Waals surface area contributed by atoms with Crippen LogP contribution in [0.15, 0.2) is 60.2 Å². The molecule has 1 amide bonds. The average molecular weight is 417 g/mol. The molecule has 0 saturated carbocycles. The average Bonchev–Trinajstić information content (AvgIpc) is 3.18. The number of aromatic amines is 1. The number of carbonyl (C=O) groups is 1. The van der Waals surface area contributed by atoms with Gasteiger partial charge in [0.15, 0.2) is 0 Å². The van der Waals surface area contributed by atoms with Crippen LogP contribution in [0.4, 0.5) is 11.4 Å². The van der Waals surface area contributed by atoms with E-state index in [4.69, 9.17) is 4.98 Å². The van der Waals surface area contributed by atoms with E-state index in [-0.39, 0.29) is 5.91 Å². The number of nitrogens with zero attached hydrogens (tertiary/aromatic N) is 2. The first-order valence-corrected chi connectivity index (χ1v) is 10.7. The predicted octanol–water partition coefficient (Wildman–Crippen LogP) is 4.57. The molecule has 3 aromatic rings. The second-order valence-electron chi connectivity index (χ2n) is 7.73. The molecule has 1 aromatic heterocycles. The number of carbonyl (C=O) groups excluding carboxylic acids is 1. The summed E-state index contributed by atoms with van der Waals surface area (Å²) in [7, 11) is 0. The number of aliphatic hydroxyl groups excluding tert-OH is 1. The van der Waals surface area contributed by atoms with Crippen LogP contribution in [0, 0.1) is 6.92 Å². The summed E-state index contributed by atoms with van der Waals surface area (Å²) in [4.78, 5) is 23.3. The van der Waals surface area contributed by atoms with Gasteiger partial charge in [-0.2, -0.15) is 0 Å². The number of hydrogen-bond donors (Lipinski definition) is 3. The van der Waals surface area contributed by atoms with Gasteiger partial charge in [-0.25, -0.2) is 4.98 Å². The van der Waals surface area contributed by atoms with E-state index in [9.17, 15) is 9.90 Å². The summed E-state index contributed by atoms with van der Waals surface area (Å²) in [6, 6.07) is 12.1. The van der Waals surface area contributed by atoms with Crippen LogP contribution in [-0.4, -0.2) is 40.2 Å². The second kappa shape index (κ2) is 8.78. The molecular weight excluding hydrogens is 388 g/mol. The Balaban J connectivity index is 1.75. The van der Waals surface area contributed by atoms with E-state index in [0.29, 0.717) is 12.0 Å². The molecule has 0 spiro atoms. The van der Waals surface area contributed by atoms with Gasteiger partial charge in [0.1, 0.15) is 5.82 Å². The Hall–Kier alpha value is -3.38. The minimum absolute atomic E-state index is 0.186. The van der Waals surface area contributed by atoms with Crippen LogP contribution in [0.5, 0.6) is 0 Å². The number of amides is 1. The number of aryl methyl sites for hydroxylation is 1. The highest BCUT2D eigenvalue weighted by atomic mass is 16.3. The summed E-state index contributed by atoms with van der Waals surface area (Å²) in [5.41, 5.74) is 6.17. The first kappa shape index (κ1) is 20.9. The fourth-order valence-corrected chi connectivity index (χ4v) is 3.91. The minimum atomic E-state index is -0.524. The largest absolute Gasteiger partial charge is 0.389 e. The molecule has 1 atom stereocenters. The Labute approximate surface area is 182 Å². The third kappa shape index (κ3) is 4.25. The molecular formula is C25H28N4O2. The van der Waals surface area contributed by atoms with Crippen molar-refractivity contribution in [2.75, 3.05) is 23.3 Å². The van der Waals surface area contributed by atoms with Gasteiger partial charge < -0.3 is 20.3 Å². The van der Waals surface area contributed by atoms with E-state index in [0.717, 1.165) is 52.4 Å². The molecule has 3 N–H and O–H groups in total. The number of rotatable bonds is 6. The van der Waals surface area contributed by atoms with Crippen LogP contribution in [0.2, 0.25) is 0 Å².